The van der Waals surface area contributed by atoms with E-state index in [1.165, 1.54) is 24.0 Å². The number of esters is 1. The van der Waals surface area contributed by atoms with Crippen LogP contribution in [0.1, 0.15) is 54.1 Å². The van der Waals surface area contributed by atoms with E-state index in [9.17, 15) is 19.1 Å². The molecule has 0 aliphatic carbocycles. The van der Waals surface area contributed by atoms with Crippen LogP contribution in [0.4, 0.5) is 4.39 Å². The number of nitrogens with one attached hydrogen (secondary N) is 1. The molecule has 0 saturated heterocycles. The lowest BCUT2D eigenvalue weighted by molar-refractivity contribution is -0.143. The van der Waals surface area contributed by atoms with Crippen molar-refractivity contribution in [1.82, 2.24) is 15.1 Å². The normalized spacial score (nSPS) is 17.1. The van der Waals surface area contributed by atoms with Crippen molar-refractivity contribution in [3.8, 4) is 0 Å². The lowest BCUT2D eigenvalue weighted by Crippen LogP contribution is -2.44. The van der Waals surface area contributed by atoms with Crippen molar-refractivity contribution in [1.29, 1.82) is 0 Å². The monoisotopic (exact) mass is 389 g/mol. The van der Waals surface area contributed by atoms with Crippen LogP contribution >= 0.6 is 0 Å². The number of aromatic amines is 1. The third-order valence-electron chi connectivity index (χ3n) is 4.75. The Bertz CT molecular complexity index is 863. The number of carbonyl (C=O) groups excluding carboxylic acids is 2. The standard InChI is InChI=1S/C20H24FN3O4/c1-11(2)8-16-17-18(23-22-16)20(27)24(15(9-25)10-28-12(3)26)19(17)13-4-6-14(21)7-5-13/h4-7,11,15,19,25H,8-10H2,1-3H3,(H,22,23). The summed E-state index contributed by atoms with van der Waals surface area (Å²) in [4.78, 5) is 25.8. The van der Waals surface area contributed by atoms with Crippen molar-refractivity contribution in [3.05, 3.63) is 52.6 Å². The number of rotatable bonds is 7. The number of hydrogen-bond acceptors (Lipinski definition) is 5. The van der Waals surface area contributed by atoms with E-state index in [1.807, 2.05) is 0 Å². The average Bonchev–Trinajstić information content (AvgIpc) is 3.16. The Morgan fingerprint density at radius 2 is 2.04 bits per heavy atom. The van der Waals surface area contributed by atoms with E-state index >= 15 is 0 Å². The van der Waals surface area contributed by atoms with Gasteiger partial charge < -0.3 is 14.7 Å². The molecule has 0 saturated carbocycles. The number of H-pyrrole nitrogens is 1. The molecule has 150 valence electrons. The largest absolute Gasteiger partial charge is 0.464 e. The number of ether oxygens (including phenoxy) is 1. The minimum atomic E-state index is -0.743. The summed E-state index contributed by atoms with van der Waals surface area (Å²) >= 11 is 0. The topological polar surface area (TPSA) is 95.5 Å². The number of hydrogen-bond donors (Lipinski definition) is 2. The zero-order chi connectivity index (χ0) is 20.4. The van der Waals surface area contributed by atoms with Gasteiger partial charge in [-0.3, -0.25) is 14.7 Å². The third kappa shape index (κ3) is 3.77. The fourth-order valence-electron chi connectivity index (χ4n) is 3.57. The van der Waals surface area contributed by atoms with Crippen LogP contribution in [-0.2, 0) is 16.0 Å². The molecule has 28 heavy (non-hydrogen) atoms. The van der Waals surface area contributed by atoms with Crippen molar-refractivity contribution < 1.29 is 23.8 Å². The highest BCUT2D eigenvalue weighted by molar-refractivity contribution is 5.98. The van der Waals surface area contributed by atoms with Gasteiger partial charge in [-0.25, -0.2) is 4.39 Å². The van der Waals surface area contributed by atoms with Crippen molar-refractivity contribution in [2.45, 2.75) is 39.3 Å². The first kappa shape index (κ1) is 20.0. The van der Waals surface area contributed by atoms with Gasteiger partial charge in [-0.1, -0.05) is 26.0 Å². The molecular formula is C20H24FN3O4. The van der Waals surface area contributed by atoms with Crippen molar-refractivity contribution >= 4 is 11.9 Å². The second-order valence-corrected chi connectivity index (χ2v) is 7.37. The molecule has 1 aromatic heterocycles. The van der Waals surface area contributed by atoms with E-state index in [4.69, 9.17) is 4.74 Å². The van der Waals surface area contributed by atoms with Gasteiger partial charge in [0, 0.05) is 18.2 Å². The fraction of sp³-hybridized carbons (Fsp3) is 0.450. The molecule has 7 nitrogen and oxygen atoms in total. The van der Waals surface area contributed by atoms with Gasteiger partial charge in [0.1, 0.15) is 12.4 Å². The number of amides is 1. The molecule has 0 fully saturated rings. The Balaban J connectivity index is 2.07. The Morgan fingerprint density at radius 1 is 1.36 bits per heavy atom. The third-order valence-corrected chi connectivity index (χ3v) is 4.75. The van der Waals surface area contributed by atoms with Gasteiger partial charge in [0.2, 0.25) is 0 Å². The van der Waals surface area contributed by atoms with Crippen LogP contribution in [0.25, 0.3) is 0 Å². The van der Waals surface area contributed by atoms with Crippen molar-refractivity contribution in [2.75, 3.05) is 13.2 Å². The number of nitrogens with zero attached hydrogens (tertiary/aromatic N) is 2. The Labute approximate surface area is 162 Å². The van der Waals surface area contributed by atoms with Crippen LogP contribution in [0.15, 0.2) is 24.3 Å². The van der Waals surface area contributed by atoms with Crippen LogP contribution in [0.3, 0.4) is 0 Å². The minimum absolute atomic E-state index is 0.136. The number of aliphatic hydroxyl groups excluding tert-OH is 1. The lowest BCUT2D eigenvalue weighted by Gasteiger charge is -2.32. The highest BCUT2D eigenvalue weighted by atomic mass is 19.1. The lowest BCUT2D eigenvalue weighted by atomic mass is 9.95. The number of fused-ring (bicyclic) bond motifs is 1. The van der Waals surface area contributed by atoms with Crippen LogP contribution in [0.5, 0.6) is 0 Å². The predicted octanol–water partition coefficient (Wildman–Crippen LogP) is 2.22. The number of benzene rings is 1. The van der Waals surface area contributed by atoms with Gasteiger partial charge in [-0.05, 0) is 30.0 Å². The predicted molar refractivity (Wildman–Crippen MR) is 99.0 cm³/mol. The molecule has 2 atom stereocenters. The molecule has 2 aromatic rings. The molecule has 1 amide bonds. The maximum Gasteiger partial charge on any atom is 0.302 e. The van der Waals surface area contributed by atoms with E-state index < -0.39 is 18.1 Å². The first-order valence-electron chi connectivity index (χ1n) is 9.23. The van der Waals surface area contributed by atoms with E-state index in [1.54, 1.807) is 12.1 Å². The summed E-state index contributed by atoms with van der Waals surface area (Å²) in [5.41, 5.74) is 2.54. The van der Waals surface area contributed by atoms with Crippen LogP contribution in [0, 0.1) is 11.7 Å². The van der Waals surface area contributed by atoms with Crippen molar-refractivity contribution in [3.63, 3.8) is 0 Å². The molecule has 2 unspecified atom stereocenters. The van der Waals surface area contributed by atoms with Gasteiger partial charge >= 0.3 is 5.97 Å². The highest BCUT2D eigenvalue weighted by Crippen LogP contribution is 2.41. The van der Waals surface area contributed by atoms with E-state index in [2.05, 4.69) is 24.0 Å². The van der Waals surface area contributed by atoms with Crippen molar-refractivity contribution in [2.24, 2.45) is 5.92 Å². The summed E-state index contributed by atoms with van der Waals surface area (Å²) in [6.45, 7) is 4.87. The summed E-state index contributed by atoms with van der Waals surface area (Å²) < 4.78 is 18.5. The molecule has 1 aliphatic rings. The number of aromatic nitrogens is 2. The average molecular weight is 389 g/mol. The molecule has 2 N–H and O–H groups in total. The van der Waals surface area contributed by atoms with Gasteiger partial charge in [0.05, 0.1) is 18.7 Å². The van der Waals surface area contributed by atoms with E-state index in [0.29, 0.717) is 17.9 Å². The molecular weight excluding hydrogens is 365 g/mol. The SMILES string of the molecule is CC(=O)OCC(CO)N1C(=O)c2n[nH]c(CC(C)C)c2C1c1ccc(F)cc1. The van der Waals surface area contributed by atoms with Gasteiger partial charge in [-0.2, -0.15) is 5.10 Å². The fourth-order valence-corrected chi connectivity index (χ4v) is 3.57. The second-order valence-electron chi connectivity index (χ2n) is 7.37. The zero-order valence-electron chi connectivity index (χ0n) is 16.1. The van der Waals surface area contributed by atoms with Crippen LogP contribution in [0.2, 0.25) is 0 Å². The summed E-state index contributed by atoms with van der Waals surface area (Å²) in [5, 5.41) is 17.0. The first-order valence-corrected chi connectivity index (χ1v) is 9.23. The van der Waals surface area contributed by atoms with Gasteiger partial charge in [-0.15, -0.1) is 0 Å². The maximum atomic E-state index is 13.5. The highest BCUT2D eigenvalue weighted by Gasteiger charge is 2.45. The zero-order valence-corrected chi connectivity index (χ0v) is 16.1. The number of aliphatic hydroxyl groups is 1. The van der Waals surface area contributed by atoms with Gasteiger partial charge in [0.25, 0.3) is 5.91 Å². The molecule has 1 aliphatic heterocycles. The summed E-state index contributed by atoms with van der Waals surface area (Å²) in [6, 6.07) is 4.59. The molecule has 0 spiro atoms. The molecule has 3 rings (SSSR count). The maximum absolute atomic E-state index is 13.5. The minimum Gasteiger partial charge on any atom is -0.464 e. The molecule has 2 heterocycles. The van der Waals surface area contributed by atoms with E-state index in [0.717, 1.165) is 11.3 Å². The van der Waals surface area contributed by atoms with Gasteiger partial charge in [0.15, 0.2) is 5.69 Å². The first-order chi connectivity index (χ1) is 13.3. The summed E-state index contributed by atoms with van der Waals surface area (Å²) in [5.74, 6) is -0.908. The van der Waals surface area contributed by atoms with E-state index in [-0.39, 0.29) is 30.6 Å². The molecule has 0 radical (unpaired) electrons. The Morgan fingerprint density at radius 3 is 2.61 bits per heavy atom. The quantitative estimate of drug-likeness (QED) is 0.708. The van der Waals surface area contributed by atoms with Crippen LogP contribution in [-0.4, -0.2) is 51.3 Å². The summed E-state index contributed by atoms with van der Waals surface area (Å²) in [7, 11) is 0. The number of halogens is 1. The summed E-state index contributed by atoms with van der Waals surface area (Å²) in [6.07, 6.45) is 0.689. The molecule has 0 bridgehead atoms. The Hall–Kier alpha value is -2.74. The van der Waals surface area contributed by atoms with Crippen LogP contribution < -0.4 is 0 Å². The number of carbonyl (C=O) groups is 2. The Kier molecular flexibility index (Phi) is 5.79. The smallest absolute Gasteiger partial charge is 0.302 e. The molecule has 8 heteroatoms. The second kappa shape index (κ2) is 8.10. The molecule has 1 aromatic carbocycles.